The molecular weight excluding hydrogens is 429 g/mol. The Morgan fingerprint density at radius 1 is 1.12 bits per heavy atom. The van der Waals surface area contributed by atoms with Crippen LogP contribution < -0.4 is 10.8 Å². The van der Waals surface area contributed by atoms with Crippen molar-refractivity contribution < 1.29 is 28.4 Å². The van der Waals surface area contributed by atoms with E-state index in [1.165, 1.54) is 12.1 Å². The molecule has 33 heavy (non-hydrogen) atoms. The van der Waals surface area contributed by atoms with Gasteiger partial charge in [-0.1, -0.05) is 12.0 Å². The van der Waals surface area contributed by atoms with Crippen LogP contribution in [0.25, 0.3) is 0 Å². The van der Waals surface area contributed by atoms with Gasteiger partial charge in [0.2, 0.25) is 0 Å². The van der Waals surface area contributed by atoms with Crippen molar-refractivity contribution in [1.82, 2.24) is 10.3 Å². The highest BCUT2D eigenvalue weighted by atomic mass is 19.1. The normalized spacial score (nSPS) is 12.4. The van der Waals surface area contributed by atoms with Crippen LogP contribution >= 0.6 is 0 Å². The Kier molecular flexibility index (Phi) is 8.23. The van der Waals surface area contributed by atoms with Gasteiger partial charge in [0, 0.05) is 16.9 Å². The van der Waals surface area contributed by atoms with Crippen LogP contribution in [0.1, 0.15) is 64.5 Å². The maximum atomic E-state index is 13.8. The number of aromatic nitrogens is 1. The van der Waals surface area contributed by atoms with Gasteiger partial charge in [-0.2, -0.15) is 0 Å². The maximum absolute atomic E-state index is 13.8. The molecule has 0 aliphatic heterocycles. The Bertz CT molecular complexity index is 1050. The second-order valence-electron chi connectivity index (χ2n) is 9.73. The van der Waals surface area contributed by atoms with E-state index in [0.29, 0.717) is 5.69 Å². The number of ether oxygens (including phenoxy) is 1. The molecule has 1 aromatic carbocycles. The summed E-state index contributed by atoms with van der Waals surface area (Å²) in [7, 11) is -1.90. The first-order chi connectivity index (χ1) is 15.1. The summed E-state index contributed by atoms with van der Waals surface area (Å²) in [4.78, 5) is 17.0. The van der Waals surface area contributed by atoms with E-state index in [1.807, 2.05) is 20.8 Å². The summed E-state index contributed by atoms with van der Waals surface area (Å²) in [6.45, 7) is 10.8. The Labute approximate surface area is 193 Å². The standard InChI is InChI=1S/C24H29BF2N2O4/c1-23(2,3)10-9-18-7-8-19(25(31)32)21(28-18)20(29-22(30)33-24(4,5)6)13-15-11-16(26)14-17(27)12-15/h7-8,11-12,14,20,31-32H,13H2,1-6H3,(H,29,30). The zero-order valence-corrected chi connectivity index (χ0v) is 19.7. The summed E-state index contributed by atoms with van der Waals surface area (Å²) >= 11 is 0. The van der Waals surface area contributed by atoms with Gasteiger partial charge >= 0.3 is 13.2 Å². The summed E-state index contributed by atoms with van der Waals surface area (Å²) in [5.41, 5.74) is -0.405. The molecule has 0 spiro atoms. The number of benzene rings is 1. The number of amides is 1. The molecule has 2 rings (SSSR count). The number of carbonyl (C=O) groups is 1. The van der Waals surface area contributed by atoms with Gasteiger partial charge in [-0.3, -0.25) is 0 Å². The highest BCUT2D eigenvalue weighted by molar-refractivity contribution is 6.59. The lowest BCUT2D eigenvalue weighted by Crippen LogP contribution is -2.42. The topological polar surface area (TPSA) is 91.7 Å². The molecule has 0 saturated carbocycles. The average Bonchev–Trinajstić information content (AvgIpc) is 2.62. The maximum Gasteiger partial charge on any atom is 0.490 e. The van der Waals surface area contributed by atoms with Gasteiger partial charge in [0.25, 0.3) is 0 Å². The van der Waals surface area contributed by atoms with E-state index in [-0.39, 0.29) is 28.6 Å². The van der Waals surface area contributed by atoms with Gasteiger partial charge < -0.3 is 20.1 Å². The number of nitrogens with one attached hydrogen (secondary N) is 1. The fourth-order valence-corrected chi connectivity index (χ4v) is 2.93. The Morgan fingerprint density at radius 3 is 2.24 bits per heavy atom. The predicted molar refractivity (Wildman–Crippen MR) is 123 cm³/mol. The molecule has 2 aromatic rings. The molecule has 0 saturated heterocycles. The zero-order chi connectivity index (χ0) is 25.0. The van der Waals surface area contributed by atoms with E-state index in [4.69, 9.17) is 4.74 Å². The van der Waals surface area contributed by atoms with Crippen molar-refractivity contribution in [3.63, 3.8) is 0 Å². The number of nitrogens with zero attached hydrogens (tertiary/aromatic N) is 1. The number of halogens is 2. The molecule has 1 amide bonds. The molecule has 0 bridgehead atoms. The van der Waals surface area contributed by atoms with Crippen molar-refractivity contribution in [2.45, 2.75) is 59.6 Å². The highest BCUT2D eigenvalue weighted by Crippen LogP contribution is 2.20. The molecule has 3 N–H and O–H groups in total. The number of hydrogen-bond acceptors (Lipinski definition) is 5. The SMILES string of the molecule is CC(C)(C)C#Cc1ccc(B(O)O)c(C(Cc2cc(F)cc(F)c2)NC(=O)OC(C)(C)C)n1. The Balaban J connectivity index is 2.56. The van der Waals surface area contributed by atoms with E-state index >= 15 is 0 Å². The van der Waals surface area contributed by atoms with Crippen molar-refractivity contribution >= 4 is 18.7 Å². The van der Waals surface area contributed by atoms with Crippen molar-refractivity contribution in [1.29, 1.82) is 0 Å². The van der Waals surface area contributed by atoms with Gasteiger partial charge in [-0.05, 0) is 77.6 Å². The molecule has 6 nitrogen and oxygen atoms in total. The third-order valence-electron chi connectivity index (χ3n) is 4.18. The average molecular weight is 458 g/mol. The van der Waals surface area contributed by atoms with Crippen LogP contribution in [0.4, 0.5) is 13.6 Å². The van der Waals surface area contributed by atoms with Gasteiger partial charge in [0.05, 0.1) is 11.7 Å². The minimum atomic E-state index is -1.90. The number of hydrogen-bond donors (Lipinski definition) is 3. The molecular formula is C24H29BF2N2O4. The number of alkyl carbamates (subject to hydrolysis) is 1. The van der Waals surface area contributed by atoms with E-state index in [9.17, 15) is 23.6 Å². The summed E-state index contributed by atoms with van der Waals surface area (Å²) < 4.78 is 32.9. The summed E-state index contributed by atoms with van der Waals surface area (Å²) in [6, 6.07) is 4.98. The van der Waals surface area contributed by atoms with Gasteiger partial charge in [0.15, 0.2) is 0 Å². The summed E-state index contributed by atoms with van der Waals surface area (Å²) in [5, 5.41) is 22.4. The fourth-order valence-electron chi connectivity index (χ4n) is 2.93. The largest absolute Gasteiger partial charge is 0.490 e. The molecule has 0 fully saturated rings. The molecule has 1 unspecified atom stereocenters. The van der Waals surface area contributed by atoms with Gasteiger partial charge in [-0.25, -0.2) is 18.6 Å². The van der Waals surface area contributed by atoms with Crippen LogP contribution in [0.5, 0.6) is 0 Å². The van der Waals surface area contributed by atoms with Crippen molar-refractivity contribution in [3.8, 4) is 11.8 Å². The molecule has 0 radical (unpaired) electrons. The number of pyridine rings is 1. The fraction of sp³-hybridized carbons (Fsp3) is 0.417. The molecule has 1 atom stereocenters. The zero-order valence-electron chi connectivity index (χ0n) is 19.7. The molecule has 0 aliphatic rings. The lowest BCUT2D eigenvalue weighted by Gasteiger charge is -2.25. The first-order valence-electron chi connectivity index (χ1n) is 10.5. The third kappa shape index (κ3) is 8.83. The van der Waals surface area contributed by atoms with E-state index in [0.717, 1.165) is 18.2 Å². The van der Waals surface area contributed by atoms with Crippen molar-refractivity contribution in [3.05, 3.63) is 58.9 Å². The Morgan fingerprint density at radius 2 is 1.73 bits per heavy atom. The first-order valence-corrected chi connectivity index (χ1v) is 10.5. The van der Waals surface area contributed by atoms with Crippen LogP contribution in [0.15, 0.2) is 30.3 Å². The highest BCUT2D eigenvalue weighted by Gasteiger charge is 2.28. The van der Waals surface area contributed by atoms with Gasteiger partial charge in [-0.15, -0.1) is 0 Å². The quantitative estimate of drug-likeness (QED) is 0.473. The predicted octanol–water partition coefficient (Wildman–Crippen LogP) is 3.25. The van der Waals surface area contributed by atoms with E-state index in [1.54, 1.807) is 20.8 Å². The molecule has 1 aromatic heterocycles. The smallest absolute Gasteiger partial charge is 0.444 e. The van der Waals surface area contributed by atoms with Crippen molar-refractivity contribution in [2.24, 2.45) is 5.41 Å². The lowest BCUT2D eigenvalue weighted by atomic mass is 9.76. The van der Waals surface area contributed by atoms with Crippen LogP contribution in [0.2, 0.25) is 0 Å². The second kappa shape index (κ2) is 10.3. The first kappa shape index (κ1) is 26.3. The van der Waals surface area contributed by atoms with E-state index in [2.05, 4.69) is 22.1 Å². The molecule has 0 aliphatic carbocycles. The number of carbonyl (C=O) groups excluding carboxylic acids is 1. The minimum absolute atomic E-state index is 0.0224. The minimum Gasteiger partial charge on any atom is -0.444 e. The number of rotatable bonds is 5. The second-order valence-corrected chi connectivity index (χ2v) is 9.73. The summed E-state index contributed by atoms with van der Waals surface area (Å²) in [6.07, 6.45) is -0.882. The van der Waals surface area contributed by atoms with Crippen LogP contribution in [-0.2, 0) is 11.2 Å². The Hall–Kier alpha value is -2.96. The summed E-state index contributed by atoms with van der Waals surface area (Å²) in [5.74, 6) is 4.42. The van der Waals surface area contributed by atoms with Crippen LogP contribution in [-0.4, -0.2) is 33.8 Å². The monoisotopic (exact) mass is 458 g/mol. The molecule has 9 heteroatoms. The van der Waals surface area contributed by atoms with Crippen LogP contribution in [0.3, 0.4) is 0 Å². The molecule has 176 valence electrons. The third-order valence-corrected chi connectivity index (χ3v) is 4.18. The van der Waals surface area contributed by atoms with Crippen LogP contribution in [0, 0.1) is 28.9 Å². The van der Waals surface area contributed by atoms with Crippen molar-refractivity contribution in [2.75, 3.05) is 0 Å². The van der Waals surface area contributed by atoms with E-state index < -0.39 is 36.5 Å². The molecule has 1 heterocycles. The lowest BCUT2D eigenvalue weighted by molar-refractivity contribution is 0.0502. The van der Waals surface area contributed by atoms with Gasteiger partial charge in [0.1, 0.15) is 22.9 Å².